The summed E-state index contributed by atoms with van der Waals surface area (Å²) in [5.74, 6) is 1.17. The van der Waals surface area contributed by atoms with Crippen LogP contribution in [0.1, 0.15) is 51.5 Å². The van der Waals surface area contributed by atoms with Gasteiger partial charge in [0.2, 0.25) is 0 Å². The molecule has 0 spiro atoms. The van der Waals surface area contributed by atoms with Crippen molar-refractivity contribution in [1.29, 1.82) is 0 Å². The fraction of sp³-hybridized carbons (Fsp3) is 0.714. The number of piperidine rings is 1. The number of aromatic nitrogens is 1. The fourth-order valence-electron chi connectivity index (χ4n) is 4.48. The van der Waals surface area contributed by atoms with E-state index in [1.807, 2.05) is 12.4 Å². The molecule has 2 amide bonds. The van der Waals surface area contributed by atoms with E-state index in [4.69, 9.17) is 0 Å². The van der Waals surface area contributed by atoms with Gasteiger partial charge in [-0.2, -0.15) is 0 Å². The zero-order valence-corrected chi connectivity index (χ0v) is 16.3. The molecule has 0 bridgehead atoms. The molecule has 1 aliphatic heterocycles. The van der Waals surface area contributed by atoms with Crippen LogP contribution in [0.3, 0.4) is 0 Å². The van der Waals surface area contributed by atoms with E-state index in [0.717, 1.165) is 38.9 Å². The molecule has 2 N–H and O–H groups in total. The highest BCUT2D eigenvalue weighted by atomic mass is 16.2. The van der Waals surface area contributed by atoms with Crippen LogP contribution in [0.5, 0.6) is 0 Å². The van der Waals surface area contributed by atoms with Gasteiger partial charge in [0.1, 0.15) is 0 Å². The Balaban J connectivity index is 1.36. The number of amides is 2. The van der Waals surface area contributed by atoms with Gasteiger partial charge in [-0.1, -0.05) is 20.3 Å². The van der Waals surface area contributed by atoms with Crippen LogP contribution in [0.25, 0.3) is 0 Å². The summed E-state index contributed by atoms with van der Waals surface area (Å²) < 4.78 is 0. The Labute approximate surface area is 157 Å². The second-order valence-corrected chi connectivity index (χ2v) is 8.25. The summed E-state index contributed by atoms with van der Waals surface area (Å²) in [6.07, 6.45) is 10.6. The summed E-state index contributed by atoms with van der Waals surface area (Å²) in [5.41, 5.74) is 1.34. The molecule has 2 heterocycles. The summed E-state index contributed by atoms with van der Waals surface area (Å²) in [7, 11) is 0. The van der Waals surface area contributed by atoms with Crippen LogP contribution in [0.2, 0.25) is 0 Å². The number of pyridine rings is 1. The van der Waals surface area contributed by atoms with E-state index < -0.39 is 0 Å². The smallest absolute Gasteiger partial charge is 0.315 e. The molecular formula is C21H34N4O. The topological polar surface area (TPSA) is 57.3 Å². The molecule has 0 unspecified atom stereocenters. The van der Waals surface area contributed by atoms with Crippen LogP contribution in [0, 0.1) is 11.8 Å². The second kappa shape index (κ2) is 9.36. The largest absolute Gasteiger partial charge is 0.335 e. The first-order valence-electron chi connectivity index (χ1n) is 10.3. The highest BCUT2D eigenvalue weighted by Crippen LogP contribution is 2.28. The number of rotatable bonds is 5. The summed E-state index contributed by atoms with van der Waals surface area (Å²) in [6, 6.07) is 4.84. The minimum Gasteiger partial charge on any atom is -0.335 e. The molecule has 1 saturated heterocycles. The number of nitrogens with zero attached hydrogens (tertiary/aromatic N) is 2. The number of carbonyl (C=O) groups excluding carboxylic acids is 1. The van der Waals surface area contributed by atoms with Crippen LogP contribution >= 0.6 is 0 Å². The number of carbonyl (C=O) groups is 1. The third-order valence-electron chi connectivity index (χ3n) is 6.23. The van der Waals surface area contributed by atoms with Crippen LogP contribution in [0.4, 0.5) is 4.79 Å². The Hall–Kier alpha value is -1.62. The van der Waals surface area contributed by atoms with E-state index in [1.54, 1.807) is 0 Å². The molecule has 2 aliphatic rings. The maximum atomic E-state index is 12.4. The van der Waals surface area contributed by atoms with E-state index in [9.17, 15) is 4.79 Å². The first kappa shape index (κ1) is 19.2. The van der Waals surface area contributed by atoms with Crippen molar-refractivity contribution in [2.45, 2.75) is 64.5 Å². The molecule has 1 aliphatic carbocycles. The first-order valence-corrected chi connectivity index (χ1v) is 10.3. The van der Waals surface area contributed by atoms with Gasteiger partial charge >= 0.3 is 6.03 Å². The van der Waals surface area contributed by atoms with Gasteiger partial charge in [0.05, 0.1) is 0 Å². The van der Waals surface area contributed by atoms with Crippen LogP contribution in [-0.4, -0.2) is 47.6 Å². The van der Waals surface area contributed by atoms with Gasteiger partial charge in [-0.3, -0.25) is 4.98 Å². The predicted octanol–water partition coefficient (Wildman–Crippen LogP) is 3.21. The number of likely N-dealkylation sites (tertiary alicyclic amines) is 1. The van der Waals surface area contributed by atoms with Crippen molar-refractivity contribution in [1.82, 2.24) is 20.5 Å². The van der Waals surface area contributed by atoms with Crippen LogP contribution in [-0.2, 0) is 6.42 Å². The van der Waals surface area contributed by atoms with Gasteiger partial charge < -0.3 is 15.5 Å². The molecule has 144 valence electrons. The van der Waals surface area contributed by atoms with Crippen LogP contribution in [0.15, 0.2) is 24.5 Å². The van der Waals surface area contributed by atoms with Crippen molar-refractivity contribution in [2.24, 2.45) is 11.8 Å². The average Bonchev–Trinajstić information content (AvgIpc) is 2.65. The lowest BCUT2D eigenvalue weighted by Gasteiger charge is -2.36. The van der Waals surface area contributed by atoms with Gasteiger partial charge in [-0.15, -0.1) is 0 Å². The second-order valence-electron chi connectivity index (χ2n) is 8.25. The van der Waals surface area contributed by atoms with E-state index in [0.29, 0.717) is 23.9 Å². The minimum atomic E-state index is 0.0332. The highest BCUT2D eigenvalue weighted by molar-refractivity contribution is 5.74. The molecule has 1 saturated carbocycles. The third kappa shape index (κ3) is 5.44. The predicted molar refractivity (Wildman–Crippen MR) is 105 cm³/mol. The van der Waals surface area contributed by atoms with Crippen molar-refractivity contribution >= 4 is 6.03 Å². The zero-order valence-electron chi connectivity index (χ0n) is 16.3. The molecule has 5 nitrogen and oxygen atoms in total. The highest BCUT2D eigenvalue weighted by Gasteiger charge is 2.29. The Morgan fingerprint density at radius 3 is 2.38 bits per heavy atom. The van der Waals surface area contributed by atoms with Crippen molar-refractivity contribution in [3.05, 3.63) is 30.1 Å². The molecule has 0 radical (unpaired) electrons. The van der Waals surface area contributed by atoms with Crippen molar-refractivity contribution in [2.75, 3.05) is 19.6 Å². The zero-order chi connectivity index (χ0) is 18.4. The average molecular weight is 359 g/mol. The van der Waals surface area contributed by atoms with Gasteiger partial charge in [-0.25, -0.2) is 4.79 Å². The molecule has 3 rings (SSSR count). The minimum absolute atomic E-state index is 0.0332. The lowest BCUT2D eigenvalue weighted by atomic mass is 9.79. The molecule has 0 aromatic carbocycles. The summed E-state index contributed by atoms with van der Waals surface area (Å²) >= 11 is 0. The molecular weight excluding hydrogens is 324 g/mol. The summed E-state index contributed by atoms with van der Waals surface area (Å²) in [5, 5.41) is 6.47. The fourth-order valence-corrected chi connectivity index (χ4v) is 4.48. The van der Waals surface area contributed by atoms with Gasteiger partial charge in [-0.05, 0) is 61.6 Å². The lowest BCUT2D eigenvalue weighted by Crippen LogP contribution is -2.53. The maximum Gasteiger partial charge on any atom is 0.315 e. The Morgan fingerprint density at radius 1 is 1.08 bits per heavy atom. The Morgan fingerprint density at radius 2 is 1.73 bits per heavy atom. The first-order chi connectivity index (χ1) is 12.6. The summed E-state index contributed by atoms with van der Waals surface area (Å²) in [6.45, 7) is 7.74. The molecule has 2 atom stereocenters. The quantitative estimate of drug-likeness (QED) is 0.850. The molecule has 1 aromatic heterocycles. The molecule has 2 fully saturated rings. The van der Waals surface area contributed by atoms with Crippen LogP contribution < -0.4 is 10.6 Å². The van der Waals surface area contributed by atoms with Gasteiger partial charge in [0.25, 0.3) is 0 Å². The summed E-state index contributed by atoms with van der Waals surface area (Å²) in [4.78, 5) is 19.0. The lowest BCUT2D eigenvalue weighted by molar-refractivity contribution is 0.177. The van der Waals surface area contributed by atoms with Crippen molar-refractivity contribution < 1.29 is 4.79 Å². The van der Waals surface area contributed by atoms with Gasteiger partial charge in [0, 0.05) is 44.1 Å². The van der Waals surface area contributed by atoms with Crippen molar-refractivity contribution in [3.8, 4) is 0 Å². The van der Waals surface area contributed by atoms with E-state index >= 15 is 0 Å². The number of nitrogens with one attached hydrogen (secondary N) is 2. The number of hydrogen-bond donors (Lipinski definition) is 2. The van der Waals surface area contributed by atoms with Crippen molar-refractivity contribution in [3.63, 3.8) is 0 Å². The van der Waals surface area contributed by atoms with E-state index in [2.05, 4.69) is 46.5 Å². The van der Waals surface area contributed by atoms with E-state index in [-0.39, 0.29) is 6.03 Å². The van der Waals surface area contributed by atoms with E-state index in [1.165, 1.54) is 24.8 Å². The number of urea groups is 1. The van der Waals surface area contributed by atoms with Gasteiger partial charge in [0.15, 0.2) is 0 Å². The molecule has 5 heteroatoms. The molecule has 1 aromatic rings. The Bertz CT molecular complexity index is 546. The molecule has 26 heavy (non-hydrogen) atoms. The maximum absolute atomic E-state index is 12.4. The monoisotopic (exact) mass is 358 g/mol. The number of hydrogen-bond acceptors (Lipinski definition) is 3. The third-order valence-corrected chi connectivity index (χ3v) is 6.23. The Kier molecular flexibility index (Phi) is 6.89. The SMILES string of the molecule is C[C@H]1CCC[C@H](C)C1NC(=O)NC1CCN(CCc2ccncc2)CC1. The standard InChI is InChI=1S/C21H34N4O/c1-16-4-3-5-17(2)20(16)24-21(26)23-19-9-14-25(15-10-19)13-8-18-6-11-22-12-7-18/h6-7,11-12,16-17,19-20H,3-5,8-10,13-15H2,1-2H3,(H2,23,24,26)/t16-,17-/m0/s1. The normalized spacial score (nSPS) is 25.8.